The van der Waals surface area contributed by atoms with Crippen molar-refractivity contribution in [1.29, 1.82) is 0 Å². The van der Waals surface area contributed by atoms with Crippen LogP contribution < -0.4 is 4.90 Å². The fraction of sp³-hybridized carbons (Fsp3) is 0.500. The Bertz CT molecular complexity index is 488. The predicted molar refractivity (Wildman–Crippen MR) is 70.0 cm³/mol. The summed E-state index contributed by atoms with van der Waals surface area (Å²) in [6, 6.07) is 4.07. The zero-order valence-corrected chi connectivity index (χ0v) is 10.9. The molecule has 2 N–H and O–H groups in total. The third-order valence-corrected chi connectivity index (χ3v) is 3.60. The van der Waals surface area contributed by atoms with E-state index in [0.29, 0.717) is 32.4 Å². The highest BCUT2D eigenvalue weighted by Gasteiger charge is 2.28. The van der Waals surface area contributed by atoms with E-state index in [1.807, 2.05) is 0 Å². The van der Waals surface area contributed by atoms with Gasteiger partial charge in [-0.2, -0.15) is 0 Å². The van der Waals surface area contributed by atoms with Crippen LogP contribution >= 0.6 is 0 Å². The van der Waals surface area contributed by atoms with Gasteiger partial charge in [0.25, 0.3) is 0 Å². The Hall–Kier alpha value is -1.62. The highest BCUT2D eigenvalue weighted by atomic mass is 19.1. The van der Waals surface area contributed by atoms with Crippen molar-refractivity contribution in [3.63, 3.8) is 0 Å². The number of anilines is 1. The second-order valence-corrected chi connectivity index (χ2v) is 5.28. The Kier molecular flexibility index (Phi) is 3.75. The minimum atomic E-state index is -1.13. The second kappa shape index (κ2) is 5.17. The minimum absolute atomic E-state index is 0.0263. The van der Waals surface area contributed by atoms with E-state index >= 15 is 0 Å². The minimum Gasteiger partial charge on any atom is -0.478 e. The molecule has 5 heteroatoms. The Morgan fingerprint density at radius 1 is 1.37 bits per heavy atom. The molecule has 2 rings (SSSR count). The number of carboxylic acid groups (broad SMARTS) is 1. The lowest BCUT2D eigenvalue weighted by Gasteiger charge is -2.25. The fourth-order valence-corrected chi connectivity index (χ4v) is 2.50. The first-order valence-electron chi connectivity index (χ1n) is 6.40. The van der Waals surface area contributed by atoms with Crippen molar-refractivity contribution in [1.82, 2.24) is 0 Å². The third-order valence-electron chi connectivity index (χ3n) is 3.60. The summed E-state index contributed by atoms with van der Waals surface area (Å²) in [7, 11) is 0. The second-order valence-electron chi connectivity index (χ2n) is 5.28. The van der Waals surface area contributed by atoms with Gasteiger partial charge in [-0.15, -0.1) is 0 Å². The normalized spacial score (nSPS) is 24.1. The Morgan fingerprint density at radius 3 is 2.79 bits per heavy atom. The van der Waals surface area contributed by atoms with Crippen molar-refractivity contribution < 1.29 is 19.4 Å². The molecule has 1 unspecified atom stereocenters. The fourth-order valence-electron chi connectivity index (χ4n) is 2.50. The number of hydrogen-bond acceptors (Lipinski definition) is 3. The molecule has 1 aromatic carbocycles. The van der Waals surface area contributed by atoms with Crippen LogP contribution in [0.25, 0.3) is 0 Å². The van der Waals surface area contributed by atoms with Crippen LogP contribution in [0, 0.1) is 5.82 Å². The van der Waals surface area contributed by atoms with Crippen LogP contribution in [0.2, 0.25) is 0 Å². The molecule has 1 fully saturated rings. The first kappa shape index (κ1) is 13.8. The van der Waals surface area contributed by atoms with Gasteiger partial charge in [0.15, 0.2) is 0 Å². The topological polar surface area (TPSA) is 60.8 Å². The van der Waals surface area contributed by atoms with E-state index in [-0.39, 0.29) is 11.3 Å². The lowest BCUT2D eigenvalue weighted by atomic mass is 9.98. The highest BCUT2D eigenvalue weighted by molar-refractivity contribution is 5.94. The summed E-state index contributed by atoms with van der Waals surface area (Å²) in [4.78, 5) is 12.9. The van der Waals surface area contributed by atoms with E-state index in [1.54, 1.807) is 11.8 Å². The standard InChI is InChI=1S/C14H18FNO3/c1-14(19)6-3-8-16(9-7-14)12-10(13(17)18)4-2-5-11(12)15/h2,4-5,19H,3,6-9H2,1H3,(H,17,18). The van der Waals surface area contributed by atoms with Crippen LogP contribution in [-0.2, 0) is 0 Å². The molecular weight excluding hydrogens is 249 g/mol. The van der Waals surface area contributed by atoms with Crippen molar-refractivity contribution in [2.45, 2.75) is 31.8 Å². The van der Waals surface area contributed by atoms with E-state index in [4.69, 9.17) is 5.11 Å². The van der Waals surface area contributed by atoms with Crippen molar-refractivity contribution in [2.75, 3.05) is 18.0 Å². The molecule has 1 heterocycles. The zero-order valence-electron chi connectivity index (χ0n) is 10.9. The number of carboxylic acids is 1. The molecule has 1 atom stereocenters. The van der Waals surface area contributed by atoms with Gasteiger partial charge in [0, 0.05) is 13.1 Å². The van der Waals surface area contributed by atoms with E-state index in [9.17, 15) is 14.3 Å². The molecule has 0 aromatic heterocycles. The number of carbonyl (C=O) groups is 1. The molecule has 0 aliphatic carbocycles. The molecule has 0 amide bonds. The van der Waals surface area contributed by atoms with Crippen molar-refractivity contribution in [2.24, 2.45) is 0 Å². The first-order valence-corrected chi connectivity index (χ1v) is 6.40. The average Bonchev–Trinajstić information content (AvgIpc) is 2.50. The molecule has 0 saturated carbocycles. The molecule has 4 nitrogen and oxygen atoms in total. The van der Waals surface area contributed by atoms with Crippen LogP contribution in [0.15, 0.2) is 18.2 Å². The van der Waals surface area contributed by atoms with Gasteiger partial charge in [0.2, 0.25) is 0 Å². The van der Waals surface area contributed by atoms with Crippen LogP contribution in [0.5, 0.6) is 0 Å². The van der Waals surface area contributed by atoms with E-state index in [1.165, 1.54) is 18.2 Å². The largest absolute Gasteiger partial charge is 0.478 e. The number of para-hydroxylation sites is 1. The van der Waals surface area contributed by atoms with Gasteiger partial charge < -0.3 is 15.1 Å². The number of hydrogen-bond donors (Lipinski definition) is 2. The van der Waals surface area contributed by atoms with Gasteiger partial charge >= 0.3 is 5.97 Å². The lowest BCUT2D eigenvalue weighted by Crippen LogP contribution is -2.30. The van der Waals surface area contributed by atoms with Crippen molar-refractivity contribution in [3.8, 4) is 0 Å². The van der Waals surface area contributed by atoms with Gasteiger partial charge in [-0.05, 0) is 38.3 Å². The molecule has 0 radical (unpaired) electrons. The average molecular weight is 267 g/mol. The number of halogens is 1. The maximum Gasteiger partial charge on any atom is 0.337 e. The van der Waals surface area contributed by atoms with Gasteiger partial charge in [-0.3, -0.25) is 0 Å². The SMILES string of the molecule is CC1(O)CCCN(c2c(F)cccc2C(=O)O)CC1. The molecule has 1 aromatic rings. The number of benzene rings is 1. The smallest absolute Gasteiger partial charge is 0.337 e. The third kappa shape index (κ3) is 3.04. The van der Waals surface area contributed by atoms with E-state index in [0.717, 1.165) is 0 Å². The Morgan fingerprint density at radius 2 is 2.11 bits per heavy atom. The van der Waals surface area contributed by atoms with Crippen LogP contribution in [0.1, 0.15) is 36.5 Å². The van der Waals surface area contributed by atoms with Crippen LogP contribution in [-0.4, -0.2) is 34.9 Å². The molecule has 19 heavy (non-hydrogen) atoms. The summed E-state index contributed by atoms with van der Waals surface area (Å²) in [5.74, 6) is -1.66. The van der Waals surface area contributed by atoms with Gasteiger partial charge in [-0.25, -0.2) is 9.18 Å². The molecule has 1 aliphatic heterocycles. The lowest BCUT2D eigenvalue weighted by molar-refractivity contribution is 0.0481. The highest BCUT2D eigenvalue weighted by Crippen LogP contribution is 2.29. The van der Waals surface area contributed by atoms with Gasteiger partial charge in [0.1, 0.15) is 5.82 Å². The van der Waals surface area contributed by atoms with Gasteiger partial charge in [0.05, 0.1) is 16.9 Å². The summed E-state index contributed by atoms with van der Waals surface area (Å²) in [5, 5.41) is 19.2. The summed E-state index contributed by atoms with van der Waals surface area (Å²) in [6.45, 7) is 2.77. The maximum atomic E-state index is 14.0. The molecule has 0 bridgehead atoms. The van der Waals surface area contributed by atoms with Crippen molar-refractivity contribution >= 4 is 11.7 Å². The summed E-state index contributed by atoms with van der Waals surface area (Å²) >= 11 is 0. The molecule has 0 spiro atoms. The summed E-state index contributed by atoms with van der Waals surface area (Å²) in [5.41, 5.74) is -0.655. The number of aromatic carboxylic acids is 1. The molecule has 1 saturated heterocycles. The Labute approximate surface area is 111 Å². The molecular formula is C14H18FNO3. The van der Waals surface area contributed by atoms with Crippen LogP contribution in [0.4, 0.5) is 10.1 Å². The van der Waals surface area contributed by atoms with Crippen LogP contribution in [0.3, 0.4) is 0 Å². The van der Waals surface area contributed by atoms with E-state index in [2.05, 4.69) is 0 Å². The number of aliphatic hydroxyl groups is 1. The van der Waals surface area contributed by atoms with Gasteiger partial charge in [-0.1, -0.05) is 6.07 Å². The monoisotopic (exact) mass is 267 g/mol. The quantitative estimate of drug-likeness (QED) is 0.863. The summed E-state index contributed by atoms with van der Waals surface area (Å²) in [6.07, 6.45) is 1.85. The number of nitrogens with zero attached hydrogens (tertiary/aromatic N) is 1. The predicted octanol–water partition coefficient (Wildman–Crippen LogP) is 2.27. The summed E-state index contributed by atoms with van der Waals surface area (Å²) < 4.78 is 14.0. The van der Waals surface area contributed by atoms with Crippen molar-refractivity contribution in [3.05, 3.63) is 29.6 Å². The zero-order chi connectivity index (χ0) is 14.0. The molecule has 104 valence electrons. The Balaban J connectivity index is 2.33. The number of rotatable bonds is 2. The maximum absolute atomic E-state index is 14.0. The first-order chi connectivity index (χ1) is 8.91. The molecule has 1 aliphatic rings. The van der Waals surface area contributed by atoms with E-state index < -0.39 is 17.4 Å².